The lowest BCUT2D eigenvalue weighted by Gasteiger charge is -2.20. The largest absolute Gasteiger partial charge is 0.349 e. The standard InChI is InChI=1S/C17H24N4O/c1-10(2)7-15(13-5-6-13)20-17(22)14-9-18-21-12(4)8-11(3)19-16(14)21/h8-10,13,15H,5-7H2,1-4H3,(H,20,22). The van der Waals surface area contributed by atoms with Crippen LogP contribution in [0, 0.1) is 25.7 Å². The molecule has 22 heavy (non-hydrogen) atoms. The molecule has 1 saturated carbocycles. The summed E-state index contributed by atoms with van der Waals surface area (Å²) in [5.74, 6) is 1.17. The van der Waals surface area contributed by atoms with Crippen LogP contribution < -0.4 is 5.32 Å². The summed E-state index contributed by atoms with van der Waals surface area (Å²) in [7, 11) is 0. The Bertz CT molecular complexity index is 700. The molecular formula is C17H24N4O. The molecule has 3 rings (SSSR count). The molecule has 2 aromatic heterocycles. The van der Waals surface area contributed by atoms with Crippen LogP contribution in [0.1, 0.15) is 54.9 Å². The molecule has 2 aromatic rings. The minimum Gasteiger partial charge on any atom is -0.349 e. The van der Waals surface area contributed by atoms with Crippen molar-refractivity contribution >= 4 is 11.6 Å². The van der Waals surface area contributed by atoms with E-state index in [1.54, 1.807) is 10.7 Å². The lowest BCUT2D eigenvalue weighted by atomic mass is 9.99. The fourth-order valence-corrected chi connectivity index (χ4v) is 3.05. The van der Waals surface area contributed by atoms with Crippen LogP contribution in [0.4, 0.5) is 0 Å². The molecule has 1 amide bonds. The number of carbonyl (C=O) groups is 1. The molecule has 0 saturated heterocycles. The molecule has 1 fully saturated rings. The number of rotatable bonds is 5. The van der Waals surface area contributed by atoms with Crippen molar-refractivity contribution in [3.8, 4) is 0 Å². The molecule has 2 heterocycles. The number of amides is 1. The number of hydrogen-bond acceptors (Lipinski definition) is 3. The highest BCUT2D eigenvalue weighted by Crippen LogP contribution is 2.35. The summed E-state index contributed by atoms with van der Waals surface area (Å²) in [6, 6.07) is 2.24. The highest BCUT2D eigenvalue weighted by molar-refractivity contribution is 5.99. The normalized spacial score (nSPS) is 16.2. The highest BCUT2D eigenvalue weighted by Gasteiger charge is 2.33. The maximum absolute atomic E-state index is 12.7. The molecule has 0 aliphatic heterocycles. The maximum Gasteiger partial charge on any atom is 0.256 e. The van der Waals surface area contributed by atoms with Crippen LogP contribution in [-0.2, 0) is 0 Å². The van der Waals surface area contributed by atoms with Crippen molar-refractivity contribution in [2.75, 3.05) is 0 Å². The summed E-state index contributed by atoms with van der Waals surface area (Å²) in [5, 5.41) is 7.51. The predicted molar refractivity (Wildman–Crippen MR) is 85.9 cm³/mol. The average molecular weight is 300 g/mol. The highest BCUT2D eigenvalue weighted by atomic mass is 16.1. The Morgan fingerprint density at radius 2 is 2.14 bits per heavy atom. The van der Waals surface area contributed by atoms with E-state index in [4.69, 9.17) is 0 Å². The van der Waals surface area contributed by atoms with Crippen molar-refractivity contribution in [3.05, 3.63) is 29.2 Å². The lowest BCUT2D eigenvalue weighted by Crippen LogP contribution is -2.37. The van der Waals surface area contributed by atoms with E-state index in [0.29, 0.717) is 23.0 Å². The van der Waals surface area contributed by atoms with Gasteiger partial charge in [0, 0.05) is 17.4 Å². The molecule has 1 atom stereocenters. The number of nitrogens with one attached hydrogen (secondary N) is 1. The zero-order valence-electron chi connectivity index (χ0n) is 13.8. The fraction of sp³-hybridized carbons (Fsp3) is 0.588. The second-order valence-corrected chi connectivity index (χ2v) is 6.88. The van der Waals surface area contributed by atoms with Crippen LogP contribution in [0.2, 0.25) is 0 Å². The summed E-state index contributed by atoms with van der Waals surface area (Å²) in [5.41, 5.74) is 3.11. The number of hydrogen-bond donors (Lipinski definition) is 1. The first-order chi connectivity index (χ1) is 10.5. The van der Waals surface area contributed by atoms with Crippen molar-refractivity contribution < 1.29 is 4.79 Å². The second-order valence-electron chi connectivity index (χ2n) is 6.88. The third-order valence-corrected chi connectivity index (χ3v) is 4.26. The number of carbonyl (C=O) groups excluding carboxylic acids is 1. The molecule has 0 bridgehead atoms. The van der Waals surface area contributed by atoms with E-state index >= 15 is 0 Å². The Morgan fingerprint density at radius 1 is 1.41 bits per heavy atom. The molecule has 5 nitrogen and oxygen atoms in total. The van der Waals surface area contributed by atoms with Crippen LogP contribution in [0.5, 0.6) is 0 Å². The predicted octanol–water partition coefficient (Wildman–Crippen LogP) is 2.90. The van der Waals surface area contributed by atoms with Crippen molar-refractivity contribution in [2.24, 2.45) is 11.8 Å². The summed E-state index contributed by atoms with van der Waals surface area (Å²) in [6.07, 6.45) is 5.11. The smallest absolute Gasteiger partial charge is 0.256 e. The second kappa shape index (κ2) is 5.71. The van der Waals surface area contributed by atoms with Gasteiger partial charge in [0.05, 0.1) is 6.20 Å². The van der Waals surface area contributed by atoms with E-state index in [-0.39, 0.29) is 11.9 Å². The van der Waals surface area contributed by atoms with Gasteiger partial charge in [0.1, 0.15) is 5.56 Å². The molecule has 1 aliphatic rings. The van der Waals surface area contributed by atoms with Crippen molar-refractivity contribution in [3.63, 3.8) is 0 Å². The van der Waals surface area contributed by atoms with E-state index in [0.717, 1.165) is 17.8 Å². The first-order valence-corrected chi connectivity index (χ1v) is 8.08. The number of aromatic nitrogens is 3. The van der Waals surface area contributed by atoms with Crippen LogP contribution in [0.15, 0.2) is 12.3 Å². The van der Waals surface area contributed by atoms with Gasteiger partial charge in [-0.3, -0.25) is 4.79 Å². The molecule has 0 radical (unpaired) electrons. The van der Waals surface area contributed by atoms with E-state index in [9.17, 15) is 4.79 Å². The van der Waals surface area contributed by atoms with E-state index in [1.165, 1.54) is 12.8 Å². The monoisotopic (exact) mass is 300 g/mol. The molecule has 1 unspecified atom stereocenters. The Kier molecular flexibility index (Phi) is 3.89. The summed E-state index contributed by atoms with van der Waals surface area (Å²) in [4.78, 5) is 17.1. The Morgan fingerprint density at radius 3 is 2.77 bits per heavy atom. The average Bonchev–Trinajstić information content (AvgIpc) is 3.17. The number of aryl methyl sites for hydroxylation is 2. The first kappa shape index (κ1) is 15.0. The minimum atomic E-state index is -0.0509. The first-order valence-electron chi connectivity index (χ1n) is 8.08. The van der Waals surface area contributed by atoms with Crippen molar-refractivity contribution in [1.82, 2.24) is 19.9 Å². The van der Waals surface area contributed by atoms with Gasteiger partial charge in [0.25, 0.3) is 5.91 Å². The summed E-state index contributed by atoms with van der Waals surface area (Å²) in [6.45, 7) is 8.31. The Balaban J connectivity index is 1.85. The van der Waals surface area contributed by atoms with Crippen LogP contribution in [-0.4, -0.2) is 26.5 Å². The molecule has 118 valence electrons. The Hall–Kier alpha value is -1.91. The van der Waals surface area contributed by atoms with Gasteiger partial charge in [-0.1, -0.05) is 13.8 Å². The van der Waals surface area contributed by atoms with Gasteiger partial charge in [0.2, 0.25) is 0 Å². The maximum atomic E-state index is 12.7. The topological polar surface area (TPSA) is 59.3 Å². The zero-order chi connectivity index (χ0) is 15.9. The SMILES string of the molecule is Cc1cc(C)n2ncc(C(=O)NC(CC(C)C)C3CC3)c2n1. The molecule has 1 N–H and O–H groups in total. The van der Waals surface area contributed by atoms with E-state index in [1.807, 2.05) is 19.9 Å². The van der Waals surface area contributed by atoms with Gasteiger partial charge >= 0.3 is 0 Å². The third kappa shape index (κ3) is 2.98. The van der Waals surface area contributed by atoms with Crippen LogP contribution in [0.3, 0.4) is 0 Å². The Labute approximate surface area is 131 Å². The molecule has 5 heteroatoms. The van der Waals surface area contributed by atoms with Crippen molar-refractivity contribution in [1.29, 1.82) is 0 Å². The van der Waals surface area contributed by atoms with Crippen molar-refractivity contribution in [2.45, 2.75) is 53.0 Å². The summed E-state index contributed by atoms with van der Waals surface area (Å²) >= 11 is 0. The van der Waals surface area contributed by atoms with Gasteiger partial charge in [-0.05, 0) is 51.0 Å². The number of nitrogens with zero attached hydrogens (tertiary/aromatic N) is 3. The quantitative estimate of drug-likeness (QED) is 0.923. The van der Waals surface area contributed by atoms with Gasteiger partial charge in [-0.15, -0.1) is 0 Å². The van der Waals surface area contributed by atoms with Gasteiger partial charge < -0.3 is 5.32 Å². The fourth-order valence-electron chi connectivity index (χ4n) is 3.05. The number of fused-ring (bicyclic) bond motifs is 1. The molecule has 0 spiro atoms. The van der Waals surface area contributed by atoms with E-state index in [2.05, 4.69) is 29.2 Å². The minimum absolute atomic E-state index is 0.0509. The van der Waals surface area contributed by atoms with Gasteiger partial charge in [-0.2, -0.15) is 5.10 Å². The summed E-state index contributed by atoms with van der Waals surface area (Å²) < 4.78 is 1.73. The molecule has 0 aromatic carbocycles. The van der Waals surface area contributed by atoms with E-state index < -0.39 is 0 Å². The molecule has 1 aliphatic carbocycles. The third-order valence-electron chi connectivity index (χ3n) is 4.26. The van der Waals surface area contributed by atoms with Gasteiger partial charge in [0.15, 0.2) is 5.65 Å². The van der Waals surface area contributed by atoms with Crippen LogP contribution in [0.25, 0.3) is 5.65 Å². The molecular weight excluding hydrogens is 276 g/mol. The zero-order valence-corrected chi connectivity index (χ0v) is 13.8. The van der Waals surface area contributed by atoms with Crippen LogP contribution >= 0.6 is 0 Å². The lowest BCUT2D eigenvalue weighted by molar-refractivity contribution is 0.0928. The van der Waals surface area contributed by atoms with Gasteiger partial charge in [-0.25, -0.2) is 9.50 Å².